The average Bonchev–Trinajstić information content (AvgIpc) is 3.23. The Labute approximate surface area is 309 Å². The Bertz CT molecular complexity index is 2690. The van der Waals surface area contributed by atoms with Crippen molar-refractivity contribution in [2.75, 3.05) is 4.90 Å². The second kappa shape index (κ2) is 10.5. The molecule has 0 saturated heterocycles. The number of benzene rings is 8. The summed E-state index contributed by atoms with van der Waals surface area (Å²) in [6, 6.07) is 72.2. The number of anilines is 3. The predicted octanol–water partition coefficient (Wildman–Crippen LogP) is 9.48. The fourth-order valence-electron chi connectivity index (χ4n) is 10.7. The Morgan fingerprint density at radius 3 is 1.28 bits per heavy atom. The first-order chi connectivity index (χ1) is 26.3. The minimum Gasteiger partial charge on any atom is -0.457 e. The molecule has 2 nitrogen and oxygen atoms in total. The maximum atomic E-state index is 6.73. The number of ether oxygens (including phenoxy) is 1. The van der Waals surface area contributed by atoms with Gasteiger partial charge in [-0.15, -0.1) is 0 Å². The normalized spacial score (nSPS) is 15.5. The van der Waals surface area contributed by atoms with Gasteiger partial charge in [-0.1, -0.05) is 186 Å². The first-order valence-electron chi connectivity index (χ1n) is 18.6. The third-order valence-corrected chi connectivity index (χ3v) is 12.5. The van der Waals surface area contributed by atoms with Crippen molar-refractivity contribution in [2.45, 2.75) is 10.8 Å². The van der Waals surface area contributed by atoms with E-state index < -0.39 is 10.8 Å². The topological polar surface area (TPSA) is 12.5 Å². The van der Waals surface area contributed by atoms with Crippen molar-refractivity contribution >= 4 is 40.2 Å². The van der Waals surface area contributed by atoms with Crippen molar-refractivity contribution in [3.63, 3.8) is 0 Å². The van der Waals surface area contributed by atoms with Gasteiger partial charge in [-0.25, -0.2) is 0 Å². The number of rotatable bonds is 1. The summed E-state index contributed by atoms with van der Waals surface area (Å²) in [6.45, 7) is 0.111. The van der Waals surface area contributed by atoms with E-state index in [1.165, 1.54) is 78.0 Å². The number of nitrogens with zero attached hydrogens (tertiary/aromatic N) is 1. The Morgan fingerprint density at radius 2 is 0.736 bits per heavy atom. The lowest BCUT2D eigenvalue weighted by atomic mass is 9.30. The summed E-state index contributed by atoms with van der Waals surface area (Å²) in [5.41, 5.74) is 16.6. The zero-order valence-electron chi connectivity index (χ0n) is 28.9. The van der Waals surface area contributed by atoms with E-state index in [0.717, 1.165) is 11.5 Å². The third-order valence-electron chi connectivity index (χ3n) is 12.5. The lowest BCUT2D eigenvalue weighted by Crippen LogP contribution is -2.62. The van der Waals surface area contributed by atoms with Gasteiger partial charge in [0.15, 0.2) is 0 Å². The molecule has 0 fully saturated rings. The van der Waals surface area contributed by atoms with Crippen molar-refractivity contribution in [2.24, 2.45) is 0 Å². The van der Waals surface area contributed by atoms with Crippen LogP contribution in [0.15, 0.2) is 194 Å². The molecule has 12 rings (SSSR count). The maximum absolute atomic E-state index is 6.73. The highest BCUT2D eigenvalue weighted by Crippen LogP contribution is 2.67. The molecule has 53 heavy (non-hydrogen) atoms. The minimum atomic E-state index is -0.613. The first-order valence-corrected chi connectivity index (χ1v) is 18.6. The summed E-state index contributed by atoms with van der Waals surface area (Å²) in [6.07, 6.45) is 0. The standard InChI is InChI=1S/C50H32BNO/c1-2-17-33(18-3-1)51-42-27-10-4-19-34(42)49(35-20-5-11-28-43(35)51)36-21-6-12-29-44(36)52-45-30-13-7-22-37(45)50(41-26-16-25-40(49)48(41)52)38-23-8-14-31-46(38)53-47-32-15-9-24-39(47)50/h1-32H. The molecule has 0 radical (unpaired) electrons. The Hall–Kier alpha value is -6.58. The van der Waals surface area contributed by atoms with Crippen molar-refractivity contribution in [1.29, 1.82) is 0 Å². The highest BCUT2D eigenvalue weighted by Gasteiger charge is 2.58. The molecule has 3 heteroatoms. The Kier molecular flexibility index (Phi) is 5.75. The van der Waals surface area contributed by atoms with E-state index in [0.29, 0.717) is 0 Å². The van der Waals surface area contributed by atoms with Gasteiger partial charge in [0.1, 0.15) is 11.5 Å². The smallest absolute Gasteiger partial charge is 0.242 e. The second-order valence-electron chi connectivity index (χ2n) is 14.7. The van der Waals surface area contributed by atoms with Gasteiger partial charge in [-0.3, -0.25) is 0 Å². The molecular weight excluding hydrogens is 641 g/mol. The number of fused-ring (bicyclic) bond motifs is 16. The van der Waals surface area contributed by atoms with Crippen LogP contribution in [0.1, 0.15) is 44.5 Å². The van der Waals surface area contributed by atoms with Crippen molar-refractivity contribution in [3.05, 3.63) is 239 Å². The van der Waals surface area contributed by atoms with E-state index in [1.54, 1.807) is 0 Å². The molecule has 0 saturated carbocycles. The van der Waals surface area contributed by atoms with Gasteiger partial charge in [0.05, 0.1) is 27.9 Å². The SMILES string of the molecule is c1ccc(B2c3ccccc3C3(c4ccccc42)c2ccccc2N2c4ccccc4C4(c5ccccc5Oc5ccccc54)c4cccc3c42)cc1. The van der Waals surface area contributed by atoms with Crippen molar-refractivity contribution in [1.82, 2.24) is 0 Å². The zero-order chi connectivity index (χ0) is 34.7. The summed E-state index contributed by atoms with van der Waals surface area (Å²) in [7, 11) is 0. The van der Waals surface area contributed by atoms with Gasteiger partial charge in [-0.05, 0) is 57.6 Å². The molecular formula is C50H32BNO. The van der Waals surface area contributed by atoms with Crippen LogP contribution in [0.4, 0.5) is 17.1 Å². The molecule has 4 aliphatic heterocycles. The van der Waals surface area contributed by atoms with E-state index in [1.807, 2.05) is 0 Å². The first kappa shape index (κ1) is 29.0. The number of para-hydroxylation sites is 5. The molecule has 2 spiro atoms. The molecule has 4 aliphatic rings. The van der Waals surface area contributed by atoms with Crippen LogP contribution in [-0.2, 0) is 10.8 Å². The highest BCUT2D eigenvalue weighted by molar-refractivity contribution is 6.96. The van der Waals surface area contributed by atoms with E-state index >= 15 is 0 Å². The number of hydrogen-bond acceptors (Lipinski definition) is 2. The van der Waals surface area contributed by atoms with Gasteiger partial charge in [0.25, 0.3) is 0 Å². The van der Waals surface area contributed by atoms with Gasteiger partial charge in [0.2, 0.25) is 6.71 Å². The quantitative estimate of drug-likeness (QED) is 0.161. The van der Waals surface area contributed by atoms with Crippen LogP contribution >= 0.6 is 0 Å². The molecule has 0 aliphatic carbocycles. The zero-order valence-corrected chi connectivity index (χ0v) is 28.9. The van der Waals surface area contributed by atoms with Crippen molar-refractivity contribution < 1.29 is 4.74 Å². The van der Waals surface area contributed by atoms with Crippen LogP contribution in [0, 0.1) is 0 Å². The molecule has 246 valence electrons. The van der Waals surface area contributed by atoms with Crippen molar-refractivity contribution in [3.8, 4) is 11.5 Å². The molecule has 0 bridgehead atoms. The molecule has 0 aromatic heterocycles. The lowest BCUT2D eigenvalue weighted by molar-refractivity contribution is 0.433. The Morgan fingerprint density at radius 1 is 0.340 bits per heavy atom. The molecule has 0 unspecified atom stereocenters. The fraction of sp³-hybridized carbons (Fsp3) is 0.0400. The molecule has 4 heterocycles. The van der Waals surface area contributed by atoms with E-state index in [-0.39, 0.29) is 6.71 Å². The van der Waals surface area contributed by atoms with Crippen LogP contribution in [-0.4, -0.2) is 6.71 Å². The largest absolute Gasteiger partial charge is 0.457 e. The summed E-state index contributed by atoms with van der Waals surface area (Å²) < 4.78 is 6.73. The lowest BCUT2D eigenvalue weighted by Gasteiger charge is -2.55. The number of hydrogen-bond donors (Lipinski definition) is 0. The van der Waals surface area contributed by atoms with E-state index in [4.69, 9.17) is 4.74 Å². The monoisotopic (exact) mass is 673 g/mol. The predicted molar refractivity (Wildman–Crippen MR) is 216 cm³/mol. The molecule has 8 aromatic carbocycles. The van der Waals surface area contributed by atoms with E-state index in [9.17, 15) is 0 Å². The highest BCUT2D eigenvalue weighted by atomic mass is 16.5. The van der Waals surface area contributed by atoms with Gasteiger partial charge in [-0.2, -0.15) is 0 Å². The van der Waals surface area contributed by atoms with Gasteiger partial charge >= 0.3 is 0 Å². The average molecular weight is 674 g/mol. The maximum Gasteiger partial charge on any atom is 0.242 e. The third kappa shape index (κ3) is 3.46. The molecule has 8 aromatic rings. The van der Waals surface area contributed by atoms with E-state index in [2.05, 4.69) is 199 Å². The fourth-order valence-corrected chi connectivity index (χ4v) is 10.7. The van der Waals surface area contributed by atoms with Crippen LogP contribution < -0.4 is 26.0 Å². The summed E-state index contributed by atoms with van der Waals surface area (Å²) in [5, 5.41) is 0. The van der Waals surface area contributed by atoms with Crippen LogP contribution in [0.2, 0.25) is 0 Å². The molecule has 0 atom stereocenters. The molecule has 0 amide bonds. The summed E-state index contributed by atoms with van der Waals surface area (Å²) in [5.74, 6) is 1.80. The van der Waals surface area contributed by atoms with Crippen LogP contribution in [0.3, 0.4) is 0 Å². The molecule has 0 N–H and O–H groups in total. The second-order valence-corrected chi connectivity index (χ2v) is 14.7. The van der Waals surface area contributed by atoms with Crippen LogP contribution in [0.5, 0.6) is 11.5 Å². The Balaban J connectivity index is 1.28. The summed E-state index contributed by atoms with van der Waals surface area (Å²) in [4.78, 5) is 2.57. The summed E-state index contributed by atoms with van der Waals surface area (Å²) >= 11 is 0. The van der Waals surface area contributed by atoms with Crippen LogP contribution in [0.25, 0.3) is 0 Å². The van der Waals surface area contributed by atoms with Gasteiger partial charge < -0.3 is 9.64 Å². The minimum absolute atomic E-state index is 0.111. The van der Waals surface area contributed by atoms with Gasteiger partial charge in [0, 0.05) is 11.1 Å².